The molecule has 0 radical (unpaired) electrons. The third-order valence-electron chi connectivity index (χ3n) is 5.16. The number of nitrogens with one attached hydrogen (secondary N) is 1. The number of hydrogen-bond donors (Lipinski definition) is 2. The molecule has 12 nitrogen and oxygen atoms in total. The summed E-state index contributed by atoms with van der Waals surface area (Å²) in [5.41, 5.74) is -1.21. The van der Waals surface area contributed by atoms with Gasteiger partial charge in [-0.1, -0.05) is 11.8 Å². The minimum Gasteiger partial charge on any atom is -0.384 e. The average Bonchev–Trinajstić information content (AvgIpc) is 3.28. The Balaban J connectivity index is 1.74. The Morgan fingerprint density at radius 2 is 2.15 bits per heavy atom. The van der Waals surface area contributed by atoms with Gasteiger partial charge in [-0.3, -0.25) is 18.4 Å². The van der Waals surface area contributed by atoms with Crippen molar-refractivity contribution in [3.63, 3.8) is 0 Å². The minimum atomic E-state index is -3.76. The van der Waals surface area contributed by atoms with Gasteiger partial charge in [0, 0.05) is 19.7 Å². The minimum absolute atomic E-state index is 0.00447. The van der Waals surface area contributed by atoms with Crippen molar-refractivity contribution in [3.8, 4) is 0 Å². The summed E-state index contributed by atoms with van der Waals surface area (Å²) in [4.78, 5) is 23.5. The van der Waals surface area contributed by atoms with Crippen molar-refractivity contribution in [2.45, 2.75) is 38.0 Å². The number of aliphatic hydroxyl groups is 1. The normalized spacial score (nSPS) is 27.2. The number of nitrogens with zero attached hydrogens (tertiary/aromatic N) is 5. The van der Waals surface area contributed by atoms with Crippen LogP contribution < -0.4 is 5.32 Å². The molecule has 2 aromatic heterocycles. The summed E-state index contributed by atoms with van der Waals surface area (Å²) in [6.07, 6.45) is -1.60. The molecular weight excluding hydrogens is 478 g/mol. The highest BCUT2D eigenvalue weighted by molar-refractivity contribution is 8.13. The Hall–Kier alpha value is -1.67. The van der Waals surface area contributed by atoms with Gasteiger partial charge < -0.3 is 15.2 Å². The van der Waals surface area contributed by atoms with Gasteiger partial charge in [-0.05, 0) is 21.0 Å². The first kappa shape index (κ1) is 25.9. The van der Waals surface area contributed by atoms with E-state index >= 15 is 4.39 Å². The molecule has 3 heterocycles. The highest BCUT2D eigenvalue weighted by Crippen LogP contribution is 2.51. The van der Waals surface area contributed by atoms with Crippen molar-refractivity contribution >= 4 is 41.6 Å². The van der Waals surface area contributed by atoms with E-state index in [1.807, 2.05) is 0 Å². The van der Waals surface area contributed by atoms with E-state index in [-0.39, 0.29) is 11.7 Å². The van der Waals surface area contributed by atoms with E-state index in [1.54, 1.807) is 7.05 Å². The van der Waals surface area contributed by atoms with E-state index < -0.39 is 38.5 Å². The molecule has 5 atom stereocenters. The van der Waals surface area contributed by atoms with Crippen LogP contribution in [-0.4, -0.2) is 92.4 Å². The second-order valence-corrected chi connectivity index (χ2v) is 11.2. The van der Waals surface area contributed by atoms with Crippen LogP contribution in [0.2, 0.25) is 0 Å². The first-order chi connectivity index (χ1) is 15.5. The first-order valence-corrected chi connectivity index (χ1v) is 12.6. The molecule has 15 heteroatoms. The number of carbonyl (C=O) groups is 1. The van der Waals surface area contributed by atoms with E-state index in [0.717, 1.165) is 11.8 Å². The molecule has 184 valence electrons. The van der Waals surface area contributed by atoms with Crippen molar-refractivity contribution in [2.75, 3.05) is 45.4 Å². The van der Waals surface area contributed by atoms with E-state index in [2.05, 4.69) is 20.3 Å². The van der Waals surface area contributed by atoms with Crippen molar-refractivity contribution in [1.29, 1.82) is 0 Å². The fourth-order valence-electron chi connectivity index (χ4n) is 3.25. The number of hydrogen-bond acceptors (Lipinski definition) is 11. The number of anilines is 1. The van der Waals surface area contributed by atoms with E-state index in [0.29, 0.717) is 22.7 Å². The molecule has 0 saturated carbocycles. The quantitative estimate of drug-likeness (QED) is 0.359. The molecule has 0 spiro atoms. The third kappa shape index (κ3) is 5.37. The predicted octanol–water partition coefficient (Wildman–Crippen LogP) is 1.84. The van der Waals surface area contributed by atoms with Crippen LogP contribution in [0.1, 0.15) is 20.1 Å². The van der Waals surface area contributed by atoms with Gasteiger partial charge in [-0.2, -0.15) is 0 Å². The van der Waals surface area contributed by atoms with Crippen LogP contribution in [0.5, 0.6) is 0 Å². The molecule has 1 saturated heterocycles. The standard InChI is InChI=1S/C18H28FN6O6PS/c1-11(26)33-7-6-29-32(28,24(4)5)30-8-12-18(2,27)14(19)17(31-12)25-10-23-13-15(20-3)21-9-22-16(13)25/h9-10,12,14,17,27H,6-8H2,1-5H3,(H,20,21,22)/t12-,14?,17-,18+,32?/m1/s1. The van der Waals surface area contributed by atoms with Crippen LogP contribution in [0, 0.1) is 0 Å². The Morgan fingerprint density at radius 1 is 1.42 bits per heavy atom. The van der Waals surface area contributed by atoms with Crippen LogP contribution >= 0.6 is 19.5 Å². The monoisotopic (exact) mass is 506 g/mol. The largest absolute Gasteiger partial charge is 0.407 e. The summed E-state index contributed by atoms with van der Waals surface area (Å²) < 4.78 is 47.7. The zero-order chi connectivity index (χ0) is 24.4. The Morgan fingerprint density at radius 3 is 2.79 bits per heavy atom. The Bertz CT molecular complexity index is 1040. The molecular formula is C18H28FN6O6PS. The van der Waals surface area contributed by atoms with Crippen LogP contribution in [0.25, 0.3) is 11.2 Å². The molecule has 3 rings (SSSR count). The van der Waals surface area contributed by atoms with Crippen molar-refractivity contribution in [1.82, 2.24) is 24.2 Å². The van der Waals surface area contributed by atoms with Crippen molar-refractivity contribution in [3.05, 3.63) is 12.7 Å². The molecule has 2 N–H and O–H groups in total. The molecule has 1 aliphatic heterocycles. The molecule has 0 aromatic carbocycles. The molecule has 0 amide bonds. The number of fused-ring (bicyclic) bond motifs is 1. The zero-order valence-electron chi connectivity index (χ0n) is 19.0. The number of rotatable bonds is 10. The lowest BCUT2D eigenvalue weighted by Crippen LogP contribution is -2.44. The van der Waals surface area contributed by atoms with Gasteiger partial charge in [-0.25, -0.2) is 28.6 Å². The maximum Gasteiger partial charge on any atom is 0.407 e. The fraction of sp³-hybridized carbons (Fsp3) is 0.667. The number of halogens is 1. The van der Waals surface area contributed by atoms with Gasteiger partial charge in [0.05, 0.1) is 19.5 Å². The van der Waals surface area contributed by atoms with E-state index in [9.17, 15) is 14.5 Å². The summed E-state index contributed by atoms with van der Waals surface area (Å²) in [5.74, 6) is 0.762. The average molecular weight is 506 g/mol. The lowest BCUT2D eigenvalue weighted by molar-refractivity contribution is -0.109. The molecule has 2 unspecified atom stereocenters. The molecule has 1 aliphatic rings. The van der Waals surface area contributed by atoms with Gasteiger partial charge in [0.25, 0.3) is 0 Å². The first-order valence-electron chi connectivity index (χ1n) is 10.1. The van der Waals surface area contributed by atoms with Crippen LogP contribution in [0.15, 0.2) is 12.7 Å². The topological polar surface area (TPSA) is 141 Å². The van der Waals surface area contributed by atoms with Gasteiger partial charge in [0.15, 0.2) is 29.0 Å². The second kappa shape index (κ2) is 10.3. The highest BCUT2D eigenvalue weighted by atomic mass is 32.2. The lowest BCUT2D eigenvalue weighted by atomic mass is 9.96. The summed E-state index contributed by atoms with van der Waals surface area (Å²) in [6.45, 7) is 2.31. The van der Waals surface area contributed by atoms with Crippen LogP contribution in [0.3, 0.4) is 0 Å². The lowest BCUT2D eigenvalue weighted by Gasteiger charge is -2.28. The van der Waals surface area contributed by atoms with Gasteiger partial charge >= 0.3 is 7.75 Å². The van der Waals surface area contributed by atoms with Gasteiger partial charge in [0.1, 0.15) is 23.5 Å². The second-order valence-electron chi connectivity index (χ2n) is 7.72. The third-order valence-corrected chi connectivity index (χ3v) is 7.90. The molecule has 2 aromatic rings. The van der Waals surface area contributed by atoms with Crippen molar-refractivity contribution in [2.24, 2.45) is 0 Å². The van der Waals surface area contributed by atoms with Gasteiger partial charge in [-0.15, -0.1) is 0 Å². The maximum absolute atomic E-state index is 15.3. The van der Waals surface area contributed by atoms with Crippen LogP contribution in [0.4, 0.5) is 10.2 Å². The molecule has 0 aliphatic carbocycles. The molecule has 0 bridgehead atoms. The highest BCUT2D eigenvalue weighted by Gasteiger charge is 2.55. The van der Waals surface area contributed by atoms with Gasteiger partial charge in [0.2, 0.25) is 0 Å². The number of imidazole rings is 1. The Labute approximate surface area is 194 Å². The summed E-state index contributed by atoms with van der Waals surface area (Å²) in [6, 6.07) is 0. The predicted molar refractivity (Wildman–Crippen MR) is 121 cm³/mol. The smallest absolute Gasteiger partial charge is 0.384 e. The number of alkyl halides is 1. The zero-order valence-corrected chi connectivity index (χ0v) is 20.7. The summed E-state index contributed by atoms with van der Waals surface area (Å²) in [5, 5.41) is 13.6. The summed E-state index contributed by atoms with van der Waals surface area (Å²) in [7, 11) is 0.919. The molecule has 1 fully saturated rings. The van der Waals surface area contributed by atoms with E-state index in [1.165, 1.54) is 49.8 Å². The van der Waals surface area contributed by atoms with Crippen LogP contribution in [-0.2, 0) is 23.1 Å². The van der Waals surface area contributed by atoms with E-state index in [4.69, 9.17) is 13.8 Å². The number of ether oxygens (including phenoxy) is 1. The van der Waals surface area contributed by atoms with Crippen molar-refractivity contribution < 1.29 is 32.6 Å². The fourth-order valence-corrected chi connectivity index (χ4v) is 5.00. The number of carbonyl (C=O) groups excluding carboxylic acids is 1. The molecule has 33 heavy (non-hydrogen) atoms. The number of aromatic nitrogens is 4. The summed E-state index contributed by atoms with van der Waals surface area (Å²) >= 11 is 1.03. The Kier molecular flexibility index (Phi) is 8.10. The number of thioether (sulfide) groups is 1. The SMILES string of the molecule is CNc1ncnc2c1ncn2[C@@H]1O[C@H](COP(=O)(OCCSC(C)=O)N(C)C)[C@](C)(O)C1F. The maximum atomic E-state index is 15.3.